The van der Waals surface area contributed by atoms with Gasteiger partial charge < -0.3 is 10.5 Å². The Bertz CT molecular complexity index is 590. The van der Waals surface area contributed by atoms with Crippen molar-refractivity contribution in [1.82, 2.24) is 4.72 Å². The van der Waals surface area contributed by atoms with Crippen LogP contribution in [-0.4, -0.2) is 27.2 Å². The highest BCUT2D eigenvalue weighted by atomic mass is 79.9. The highest BCUT2D eigenvalue weighted by molar-refractivity contribution is 9.11. The minimum atomic E-state index is -3.65. The molecule has 20 heavy (non-hydrogen) atoms. The number of rotatable bonds is 3. The molecule has 8 heteroatoms. The van der Waals surface area contributed by atoms with Crippen LogP contribution >= 0.6 is 31.9 Å². The Balaban J connectivity index is 2.36. The number of hydrogen-bond donors (Lipinski definition) is 2. The Morgan fingerprint density at radius 1 is 1.25 bits per heavy atom. The summed E-state index contributed by atoms with van der Waals surface area (Å²) in [5.74, 6) is 0. The fraction of sp³-hybridized carbons (Fsp3) is 0.500. The first-order valence-corrected chi connectivity index (χ1v) is 9.17. The maximum absolute atomic E-state index is 12.6. The minimum absolute atomic E-state index is 0.166. The molecule has 1 aliphatic heterocycles. The van der Waals surface area contributed by atoms with Crippen molar-refractivity contribution < 1.29 is 13.2 Å². The van der Waals surface area contributed by atoms with Crippen molar-refractivity contribution in [2.24, 2.45) is 0 Å². The van der Waals surface area contributed by atoms with E-state index in [0.29, 0.717) is 40.7 Å². The largest absolute Gasteiger partial charge is 0.399 e. The quantitative estimate of drug-likeness (QED) is 0.726. The first-order chi connectivity index (χ1) is 9.23. The molecule has 3 N–H and O–H groups in total. The SMILES string of the molecule is CC1(NS(=O)(=O)c2c(Br)cc(N)cc2Br)CCOCC1. The smallest absolute Gasteiger partial charge is 0.243 e. The van der Waals surface area contributed by atoms with Crippen molar-refractivity contribution in [3.63, 3.8) is 0 Å². The van der Waals surface area contributed by atoms with E-state index in [9.17, 15) is 8.42 Å². The number of hydrogen-bond acceptors (Lipinski definition) is 4. The number of benzene rings is 1. The molecule has 0 radical (unpaired) electrons. The highest BCUT2D eigenvalue weighted by Crippen LogP contribution is 2.34. The molecule has 0 atom stereocenters. The molecule has 0 aromatic heterocycles. The lowest BCUT2D eigenvalue weighted by atomic mass is 9.94. The Kier molecular flexibility index (Phi) is 4.80. The van der Waals surface area contributed by atoms with Crippen molar-refractivity contribution >= 4 is 47.6 Å². The standard InChI is InChI=1S/C12H16Br2N2O3S/c1-12(2-4-19-5-3-12)16-20(17,18)11-9(13)6-8(15)7-10(11)14/h6-7,16H,2-5,15H2,1H3. The van der Waals surface area contributed by atoms with Gasteiger partial charge in [-0.15, -0.1) is 0 Å². The molecule has 5 nitrogen and oxygen atoms in total. The molecule has 0 aliphatic carbocycles. The zero-order chi connectivity index (χ0) is 15.0. The van der Waals surface area contributed by atoms with E-state index in [1.54, 1.807) is 12.1 Å². The number of sulfonamides is 1. The van der Waals surface area contributed by atoms with Crippen LogP contribution in [-0.2, 0) is 14.8 Å². The van der Waals surface area contributed by atoms with E-state index in [0.717, 1.165) is 0 Å². The number of nitrogen functional groups attached to an aromatic ring is 1. The van der Waals surface area contributed by atoms with Crippen LogP contribution in [0.5, 0.6) is 0 Å². The van der Waals surface area contributed by atoms with E-state index < -0.39 is 15.6 Å². The number of nitrogens with one attached hydrogen (secondary N) is 1. The third-order valence-corrected chi connectivity index (χ3v) is 6.78. The van der Waals surface area contributed by atoms with Crippen molar-refractivity contribution in [3.8, 4) is 0 Å². The van der Waals surface area contributed by atoms with E-state index in [4.69, 9.17) is 10.5 Å². The molecule has 1 saturated heterocycles. The van der Waals surface area contributed by atoms with Gasteiger partial charge >= 0.3 is 0 Å². The lowest BCUT2D eigenvalue weighted by Crippen LogP contribution is -2.49. The summed E-state index contributed by atoms with van der Waals surface area (Å²) < 4.78 is 34.1. The van der Waals surface area contributed by atoms with Crippen LogP contribution in [0.1, 0.15) is 19.8 Å². The second-order valence-electron chi connectivity index (χ2n) is 5.09. The van der Waals surface area contributed by atoms with Gasteiger partial charge in [-0.3, -0.25) is 0 Å². The minimum Gasteiger partial charge on any atom is -0.399 e. The van der Waals surface area contributed by atoms with Crippen LogP contribution in [0.3, 0.4) is 0 Å². The molecule has 1 aromatic rings. The Morgan fingerprint density at radius 3 is 2.25 bits per heavy atom. The molecule has 112 valence electrons. The van der Waals surface area contributed by atoms with E-state index >= 15 is 0 Å². The van der Waals surface area contributed by atoms with Gasteiger partial charge in [-0.25, -0.2) is 13.1 Å². The second kappa shape index (κ2) is 5.92. The van der Waals surface area contributed by atoms with Gasteiger partial charge in [0, 0.05) is 33.4 Å². The molecule has 1 aliphatic rings. The lowest BCUT2D eigenvalue weighted by Gasteiger charge is -2.34. The van der Waals surface area contributed by atoms with Crippen LogP contribution in [0.15, 0.2) is 26.0 Å². The summed E-state index contributed by atoms with van der Waals surface area (Å²) in [7, 11) is -3.65. The summed E-state index contributed by atoms with van der Waals surface area (Å²) in [5.41, 5.74) is 5.69. The fourth-order valence-corrected chi connectivity index (χ4v) is 6.22. The number of anilines is 1. The van der Waals surface area contributed by atoms with Gasteiger partial charge in [0.1, 0.15) is 4.90 Å². The van der Waals surface area contributed by atoms with Gasteiger partial charge in [0.25, 0.3) is 0 Å². The summed E-state index contributed by atoms with van der Waals surface area (Å²) in [5, 5.41) is 0. The van der Waals surface area contributed by atoms with Gasteiger partial charge in [-0.1, -0.05) is 0 Å². The average molecular weight is 428 g/mol. The predicted molar refractivity (Wildman–Crippen MR) is 85.0 cm³/mol. The number of halogens is 2. The topological polar surface area (TPSA) is 81.4 Å². The van der Waals surface area contributed by atoms with Gasteiger partial charge in [0.2, 0.25) is 10.0 Å². The van der Waals surface area contributed by atoms with Crippen molar-refractivity contribution in [3.05, 3.63) is 21.1 Å². The molecule has 1 fully saturated rings. The fourth-order valence-electron chi connectivity index (χ4n) is 2.14. The van der Waals surface area contributed by atoms with Gasteiger partial charge in [-0.05, 0) is 63.8 Å². The summed E-state index contributed by atoms with van der Waals surface area (Å²) in [6, 6.07) is 3.15. The van der Waals surface area contributed by atoms with Crippen LogP contribution in [0.2, 0.25) is 0 Å². The van der Waals surface area contributed by atoms with E-state index in [2.05, 4.69) is 36.6 Å². The normalized spacial score (nSPS) is 18.9. The van der Waals surface area contributed by atoms with Gasteiger partial charge in [0.15, 0.2) is 0 Å². The van der Waals surface area contributed by atoms with Gasteiger partial charge in [-0.2, -0.15) is 0 Å². The van der Waals surface area contributed by atoms with Crippen molar-refractivity contribution in [2.45, 2.75) is 30.2 Å². The van der Waals surface area contributed by atoms with Crippen LogP contribution in [0.25, 0.3) is 0 Å². The summed E-state index contributed by atoms with van der Waals surface area (Å²) in [6.45, 7) is 3.01. The maximum Gasteiger partial charge on any atom is 0.243 e. The second-order valence-corrected chi connectivity index (χ2v) is 8.42. The molecular formula is C12H16Br2N2O3S. The molecule has 2 rings (SSSR count). The molecular weight excluding hydrogens is 412 g/mol. The third kappa shape index (κ3) is 3.54. The predicted octanol–water partition coefficient (Wildman–Crippen LogP) is 2.64. The van der Waals surface area contributed by atoms with E-state index in [1.165, 1.54) is 0 Å². The monoisotopic (exact) mass is 426 g/mol. The van der Waals surface area contributed by atoms with Crippen LogP contribution in [0, 0.1) is 0 Å². The van der Waals surface area contributed by atoms with Crippen molar-refractivity contribution in [2.75, 3.05) is 18.9 Å². The average Bonchev–Trinajstić information content (AvgIpc) is 2.25. The van der Waals surface area contributed by atoms with E-state index in [-0.39, 0.29) is 4.90 Å². The molecule has 0 amide bonds. The molecule has 0 saturated carbocycles. The van der Waals surface area contributed by atoms with Crippen molar-refractivity contribution in [1.29, 1.82) is 0 Å². The summed E-state index contributed by atoms with van der Waals surface area (Å²) in [4.78, 5) is 0.166. The Morgan fingerprint density at radius 2 is 1.75 bits per heavy atom. The third-order valence-electron chi connectivity index (χ3n) is 3.27. The first-order valence-electron chi connectivity index (χ1n) is 6.10. The number of ether oxygens (including phenoxy) is 1. The molecule has 0 unspecified atom stereocenters. The number of nitrogens with two attached hydrogens (primary N) is 1. The zero-order valence-corrected chi connectivity index (χ0v) is 14.9. The lowest BCUT2D eigenvalue weighted by molar-refractivity contribution is 0.0537. The first kappa shape index (κ1) is 16.2. The molecule has 0 bridgehead atoms. The highest BCUT2D eigenvalue weighted by Gasteiger charge is 2.34. The maximum atomic E-state index is 12.6. The van der Waals surface area contributed by atoms with E-state index in [1.807, 2.05) is 6.92 Å². The molecule has 0 spiro atoms. The van der Waals surface area contributed by atoms with Crippen LogP contribution in [0.4, 0.5) is 5.69 Å². The van der Waals surface area contributed by atoms with Gasteiger partial charge in [0.05, 0.1) is 0 Å². The Hall–Kier alpha value is -0.150. The molecule has 1 heterocycles. The zero-order valence-electron chi connectivity index (χ0n) is 10.9. The summed E-state index contributed by atoms with van der Waals surface area (Å²) in [6.07, 6.45) is 1.30. The Labute approximate surface area is 135 Å². The summed E-state index contributed by atoms with van der Waals surface area (Å²) >= 11 is 6.52. The molecule has 1 aromatic carbocycles. The van der Waals surface area contributed by atoms with Crippen LogP contribution < -0.4 is 10.5 Å².